The maximum atomic E-state index is 11.3. The molecule has 1 fully saturated rings. The van der Waals surface area contributed by atoms with Crippen molar-refractivity contribution in [3.8, 4) is 0 Å². The number of benzene rings is 1. The second-order valence-corrected chi connectivity index (χ2v) is 4.57. The highest BCUT2D eigenvalue weighted by atomic mass is 35.5. The van der Waals surface area contributed by atoms with Crippen LogP contribution in [0.3, 0.4) is 0 Å². The molecule has 0 amide bonds. The number of hydrogen-bond acceptors (Lipinski definition) is 3. The van der Waals surface area contributed by atoms with E-state index in [1.807, 2.05) is 0 Å². The smallest absolute Gasteiger partial charge is 0.314 e. The monoisotopic (exact) mass is 255 g/mol. The number of halogens is 1. The number of nitro benzene ring substituents is 1. The fraction of sp³-hybridized carbons (Fsp3) is 0.364. The fourth-order valence-corrected chi connectivity index (χ4v) is 2.29. The average molecular weight is 256 g/mol. The van der Waals surface area contributed by atoms with E-state index in [2.05, 4.69) is 0 Å². The van der Waals surface area contributed by atoms with Crippen molar-refractivity contribution in [2.75, 3.05) is 0 Å². The van der Waals surface area contributed by atoms with Crippen LogP contribution in [0, 0.1) is 10.1 Å². The molecule has 1 aliphatic carbocycles. The zero-order valence-electron chi connectivity index (χ0n) is 8.85. The van der Waals surface area contributed by atoms with Gasteiger partial charge in [-0.3, -0.25) is 14.9 Å². The van der Waals surface area contributed by atoms with Crippen molar-refractivity contribution in [2.45, 2.75) is 24.7 Å². The van der Waals surface area contributed by atoms with Gasteiger partial charge in [0.2, 0.25) is 0 Å². The molecule has 1 aromatic rings. The van der Waals surface area contributed by atoms with Gasteiger partial charge in [-0.1, -0.05) is 24.1 Å². The van der Waals surface area contributed by atoms with Crippen LogP contribution in [-0.4, -0.2) is 16.0 Å². The van der Waals surface area contributed by atoms with E-state index >= 15 is 0 Å². The Morgan fingerprint density at radius 2 is 2.12 bits per heavy atom. The van der Waals surface area contributed by atoms with Gasteiger partial charge in [0.25, 0.3) is 5.69 Å². The van der Waals surface area contributed by atoms with E-state index in [-0.39, 0.29) is 10.7 Å². The number of carboxylic acids is 1. The van der Waals surface area contributed by atoms with Crippen LogP contribution in [0.2, 0.25) is 5.02 Å². The Morgan fingerprint density at radius 3 is 2.53 bits per heavy atom. The molecule has 0 atom stereocenters. The Morgan fingerprint density at radius 1 is 1.47 bits per heavy atom. The van der Waals surface area contributed by atoms with Crippen LogP contribution in [0.25, 0.3) is 0 Å². The third-order valence-corrected chi connectivity index (χ3v) is 3.63. The Bertz CT molecular complexity index is 496. The van der Waals surface area contributed by atoms with Crippen molar-refractivity contribution >= 4 is 23.3 Å². The molecular formula is C11H10ClNO4. The van der Waals surface area contributed by atoms with Gasteiger partial charge in [0, 0.05) is 6.07 Å². The lowest BCUT2D eigenvalue weighted by atomic mass is 9.64. The van der Waals surface area contributed by atoms with Gasteiger partial charge in [-0.2, -0.15) is 0 Å². The van der Waals surface area contributed by atoms with E-state index in [0.717, 1.165) is 6.42 Å². The standard InChI is InChI=1S/C11H10ClNO4/c12-8-3-2-7(6-9(8)13(16)17)11(10(14)15)4-1-5-11/h2-3,6H,1,4-5H2,(H,14,15). The molecule has 0 aliphatic heterocycles. The number of carbonyl (C=O) groups is 1. The molecule has 0 saturated heterocycles. The van der Waals surface area contributed by atoms with Crippen LogP contribution >= 0.6 is 11.6 Å². The first kappa shape index (κ1) is 11.9. The van der Waals surface area contributed by atoms with Gasteiger partial charge in [0.1, 0.15) is 5.02 Å². The third kappa shape index (κ3) is 1.76. The Kier molecular flexibility index (Phi) is 2.79. The van der Waals surface area contributed by atoms with Crippen LogP contribution in [0.5, 0.6) is 0 Å². The van der Waals surface area contributed by atoms with Crippen LogP contribution < -0.4 is 0 Å². The summed E-state index contributed by atoms with van der Waals surface area (Å²) in [5.74, 6) is -0.930. The number of carboxylic acid groups (broad SMARTS) is 1. The van der Waals surface area contributed by atoms with E-state index in [1.165, 1.54) is 12.1 Å². The fourth-order valence-electron chi connectivity index (χ4n) is 2.11. The zero-order chi connectivity index (χ0) is 12.6. The predicted octanol–water partition coefficient (Wildman–Crippen LogP) is 2.75. The van der Waals surface area contributed by atoms with Crippen LogP contribution in [0.1, 0.15) is 24.8 Å². The van der Waals surface area contributed by atoms with Crippen LogP contribution in [0.4, 0.5) is 5.69 Å². The SMILES string of the molecule is O=C(O)C1(c2ccc(Cl)c([N+](=O)[O-])c2)CCC1. The van der Waals surface area contributed by atoms with E-state index < -0.39 is 16.3 Å². The third-order valence-electron chi connectivity index (χ3n) is 3.31. The van der Waals surface area contributed by atoms with Crippen molar-refractivity contribution in [2.24, 2.45) is 0 Å². The highest BCUT2D eigenvalue weighted by Gasteiger charge is 2.46. The summed E-state index contributed by atoms with van der Waals surface area (Å²) in [5, 5.41) is 20.0. The van der Waals surface area contributed by atoms with Gasteiger partial charge in [-0.25, -0.2) is 0 Å². The first-order valence-corrected chi connectivity index (χ1v) is 5.53. The first-order valence-electron chi connectivity index (χ1n) is 5.15. The summed E-state index contributed by atoms with van der Waals surface area (Å²) in [4.78, 5) is 21.4. The van der Waals surface area contributed by atoms with Crippen molar-refractivity contribution in [3.63, 3.8) is 0 Å². The lowest BCUT2D eigenvalue weighted by Gasteiger charge is -2.37. The molecule has 2 rings (SSSR count). The Labute approximate surface area is 102 Å². The zero-order valence-corrected chi connectivity index (χ0v) is 9.61. The summed E-state index contributed by atoms with van der Waals surface area (Å²) >= 11 is 5.69. The van der Waals surface area contributed by atoms with Crippen molar-refractivity contribution in [1.82, 2.24) is 0 Å². The number of aliphatic carboxylic acids is 1. The summed E-state index contributed by atoms with van der Waals surface area (Å²) in [7, 11) is 0. The average Bonchev–Trinajstić information content (AvgIpc) is 2.17. The summed E-state index contributed by atoms with van der Waals surface area (Å²) in [6.07, 6.45) is 1.85. The van der Waals surface area contributed by atoms with Crippen LogP contribution in [-0.2, 0) is 10.2 Å². The summed E-state index contributed by atoms with van der Waals surface area (Å²) < 4.78 is 0. The molecular weight excluding hydrogens is 246 g/mol. The number of nitro groups is 1. The molecule has 1 saturated carbocycles. The number of rotatable bonds is 3. The Balaban J connectivity index is 2.49. The lowest BCUT2D eigenvalue weighted by Crippen LogP contribution is -2.42. The summed E-state index contributed by atoms with van der Waals surface area (Å²) in [6.45, 7) is 0. The molecule has 1 aromatic carbocycles. The quantitative estimate of drug-likeness (QED) is 0.665. The highest BCUT2D eigenvalue weighted by molar-refractivity contribution is 6.32. The van der Waals surface area contributed by atoms with E-state index in [9.17, 15) is 20.0 Å². The second kappa shape index (κ2) is 4.00. The summed E-state index contributed by atoms with van der Waals surface area (Å²) in [5.41, 5.74) is -0.737. The second-order valence-electron chi connectivity index (χ2n) is 4.16. The maximum absolute atomic E-state index is 11.3. The van der Waals surface area contributed by atoms with Gasteiger partial charge in [-0.05, 0) is 24.5 Å². The molecule has 17 heavy (non-hydrogen) atoms. The number of hydrogen-bond donors (Lipinski definition) is 1. The van der Waals surface area contributed by atoms with Crippen molar-refractivity contribution in [3.05, 3.63) is 38.9 Å². The van der Waals surface area contributed by atoms with Crippen molar-refractivity contribution in [1.29, 1.82) is 0 Å². The normalized spacial score (nSPS) is 17.2. The number of nitrogens with zero attached hydrogens (tertiary/aromatic N) is 1. The molecule has 0 bridgehead atoms. The van der Waals surface area contributed by atoms with E-state index in [4.69, 9.17) is 11.6 Å². The largest absolute Gasteiger partial charge is 0.481 e. The molecule has 6 heteroatoms. The molecule has 1 aliphatic rings. The van der Waals surface area contributed by atoms with Gasteiger partial charge >= 0.3 is 5.97 Å². The lowest BCUT2D eigenvalue weighted by molar-refractivity contribution is -0.384. The van der Waals surface area contributed by atoms with Crippen molar-refractivity contribution < 1.29 is 14.8 Å². The minimum atomic E-state index is -0.963. The minimum absolute atomic E-state index is 0.0265. The molecule has 0 spiro atoms. The van der Waals surface area contributed by atoms with Crippen LogP contribution in [0.15, 0.2) is 18.2 Å². The van der Waals surface area contributed by atoms with Gasteiger partial charge in [0.15, 0.2) is 0 Å². The minimum Gasteiger partial charge on any atom is -0.481 e. The van der Waals surface area contributed by atoms with Gasteiger partial charge in [0.05, 0.1) is 10.3 Å². The summed E-state index contributed by atoms with van der Waals surface area (Å²) in [6, 6.07) is 4.22. The highest BCUT2D eigenvalue weighted by Crippen LogP contribution is 2.45. The molecule has 5 nitrogen and oxygen atoms in total. The van der Waals surface area contributed by atoms with E-state index in [0.29, 0.717) is 18.4 Å². The maximum Gasteiger partial charge on any atom is 0.314 e. The molecule has 0 aromatic heterocycles. The molecule has 90 valence electrons. The Hall–Kier alpha value is -1.62. The molecule has 1 N–H and O–H groups in total. The van der Waals surface area contributed by atoms with Gasteiger partial charge in [-0.15, -0.1) is 0 Å². The molecule has 0 unspecified atom stereocenters. The topological polar surface area (TPSA) is 80.4 Å². The predicted molar refractivity (Wildman–Crippen MR) is 61.3 cm³/mol. The molecule has 0 heterocycles. The first-order chi connectivity index (χ1) is 7.97. The van der Waals surface area contributed by atoms with Gasteiger partial charge < -0.3 is 5.11 Å². The van der Waals surface area contributed by atoms with E-state index in [1.54, 1.807) is 6.07 Å². The molecule has 0 radical (unpaired) electrons.